The highest BCUT2D eigenvalue weighted by atomic mass is 16.5. The number of methoxy groups -OCH3 is 2. The molecule has 1 aromatic carbocycles. The third kappa shape index (κ3) is 4.13. The first-order valence-corrected chi connectivity index (χ1v) is 6.35. The van der Waals surface area contributed by atoms with Crippen LogP contribution in [0, 0.1) is 6.92 Å². The third-order valence-electron chi connectivity index (χ3n) is 2.85. The van der Waals surface area contributed by atoms with E-state index in [9.17, 15) is 4.79 Å². The third-order valence-corrected chi connectivity index (χ3v) is 2.85. The topological polar surface area (TPSA) is 59.6 Å². The van der Waals surface area contributed by atoms with Crippen molar-refractivity contribution in [2.45, 2.75) is 13.8 Å². The maximum Gasteiger partial charge on any atom is 0.251 e. The lowest BCUT2D eigenvalue weighted by molar-refractivity contribution is 0.0953. The zero-order valence-electron chi connectivity index (χ0n) is 12.0. The van der Waals surface area contributed by atoms with E-state index in [1.807, 2.05) is 13.8 Å². The molecule has 1 amide bonds. The smallest absolute Gasteiger partial charge is 0.251 e. The number of likely N-dealkylation sites (N-methyl/N-ethyl adjacent to an activating group) is 1. The number of hydrogen-bond donors (Lipinski definition) is 2. The molecule has 0 spiro atoms. The Hall–Kier alpha value is -1.75. The number of rotatable bonds is 7. The fraction of sp³-hybridized carbons (Fsp3) is 0.500. The molecule has 0 aliphatic heterocycles. The van der Waals surface area contributed by atoms with E-state index in [0.29, 0.717) is 23.6 Å². The van der Waals surface area contributed by atoms with Gasteiger partial charge in [-0.05, 0) is 25.6 Å². The fourth-order valence-corrected chi connectivity index (χ4v) is 1.76. The van der Waals surface area contributed by atoms with Crippen molar-refractivity contribution in [2.24, 2.45) is 0 Å². The van der Waals surface area contributed by atoms with E-state index in [0.717, 1.165) is 18.7 Å². The minimum Gasteiger partial charge on any atom is -0.496 e. The van der Waals surface area contributed by atoms with Gasteiger partial charge in [0.15, 0.2) is 0 Å². The highest BCUT2D eigenvalue weighted by Crippen LogP contribution is 2.29. The van der Waals surface area contributed by atoms with Gasteiger partial charge in [0.25, 0.3) is 5.91 Å². The lowest BCUT2D eigenvalue weighted by Gasteiger charge is -2.12. The van der Waals surface area contributed by atoms with Crippen LogP contribution in [0.15, 0.2) is 12.1 Å². The molecule has 0 atom stereocenters. The van der Waals surface area contributed by atoms with Gasteiger partial charge >= 0.3 is 0 Å². The summed E-state index contributed by atoms with van der Waals surface area (Å²) in [6.45, 7) is 6.15. The van der Waals surface area contributed by atoms with Crippen molar-refractivity contribution < 1.29 is 14.3 Å². The lowest BCUT2D eigenvalue weighted by Crippen LogP contribution is -2.31. The molecule has 5 heteroatoms. The molecule has 0 unspecified atom stereocenters. The van der Waals surface area contributed by atoms with Gasteiger partial charge in [-0.2, -0.15) is 0 Å². The molecule has 0 radical (unpaired) electrons. The summed E-state index contributed by atoms with van der Waals surface area (Å²) in [5.74, 6) is 1.17. The van der Waals surface area contributed by atoms with Crippen LogP contribution >= 0.6 is 0 Å². The molecule has 0 fully saturated rings. The lowest BCUT2D eigenvalue weighted by atomic mass is 10.1. The number of ether oxygens (including phenoxy) is 2. The van der Waals surface area contributed by atoms with Crippen LogP contribution in [0.25, 0.3) is 0 Å². The summed E-state index contributed by atoms with van der Waals surface area (Å²) >= 11 is 0. The summed E-state index contributed by atoms with van der Waals surface area (Å²) in [6.07, 6.45) is 0. The molecule has 0 aliphatic carbocycles. The van der Waals surface area contributed by atoms with Crippen LogP contribution in [-0.2, 0) is 0 Å². The van der Waals surface area contributed by atoms with Crippen LogP contribution in [0.2, 0.25) is 0 Å². The molecule has 0 heterocycles. The van der Waals surface area contributed by atoms with E-state index in [-0.39, 0.29) is 5.91 Å². The SMILES string of the molecule is CCNCCNC(=O)c1cc(OC)c(C)c(OC)c1. The molecule has 1 rings (SSSR count). The minimum absolute atomic E-state index is 0.130. The number of benzene rings is 1. The van der Waals surface area contributed by atoms with Gasteiger partial charge in [-0.1, -0.05) is 6.92 Å². The number of amides is 1. The molecular weight excluding hydrogens is 244 g/mol. The normalized spacial score (nSPS) is 10.1. The van der Waals surface area contributed by atoms with Crippen molar-refractivity contribution in [3.63, 3.8) is 0 Å². The summed E-state index contributed by atoms with van der Waals surface area (Å²) in [7, 11) is 3.16. The van der Waals surface area contributed by atoms with Gasteiger partial charge in [-0.15, -0.1) is 0 Å². The van der Waals surface area contributed by atoms with Crippen molar-refractivity contribution in [2.75, 3.05) is 33.9 Å². The van der Waals surface area contributed by atoms with E-state index in [2.05, 4.69) is 10.6 Å². The summed E-state index contributed by atoms with van der Waals surface area (Å²) in [4.78, 5) is 12.0. The fourth-order valence-electron chi connectivity index (χ4n) is 1.76. The molecule has 5 nitrogen and oxygen atoms in total. The Balaban J connectivity index is 2.79. The average Bonchev–Trinajstić information content (AvgIpc) is 2.43. The molecule has 1 aromatic rings. The van der Waals surface area contributed by atoms with E-state index in [4.69, 9.17) is 9.47 Å². The highest BCUT2D eigenvalue weighted by molar-refractivity contribution is 5.95. The van der Waals surface area contributed by atoms with Crippen molar-refractivity contribution in [1.82, 2.24) is 10.6 Å². The molecule has 0 aliphatic rings. The highest BCUT2D eigenvalue weighted by Gasteiger charge is 2.13. The Labute approximate surface area is 114 Å². The molecular formula is C14H22N2O3. The van der Waals surface area contributed by atoms with Crippen LogP contribution in [0.3, 0.4) is 0 Å². The Morgan fingerprint density at radius 3 is 2.21 bits per heavy atom. The minimum atomic E-state index is -0.130. The number of carbonyl (C=O) groups excluding carboxylic acids is 1. The maximum absolute atomic E-state index is 12.0. The maximum atomic E-state index is 12.0. The monoisotopic (exact) mass is 266 g/mol. The van der Waals surface area contributed by atoms with Gasteiger partial charge < -0.3 is 20.1 Å². The van der Waals surface area contributed by atoms with Crippen molar-refractivity contribution in [3.8, 4) is 11.5 Å². The predicted molar refractivity (Wildman–Crippen MR) is 75.2 cm³/mol. The summed E-state index contributed by atoms with van der Waals surface area (Å²) in [5, 5.41) is 5.99. The van der Waals surface area contributed by atoms with E-state index >= 15 is 0 Å². The standard InChI is InChI=1S/C14H22N2O3/c1-5-15-6-7-16-14(17)11-8-12(18-3)10(2)13(9-11)19-4/h8-9,15H,5-7H2,1-4H3,(H,16,17). The zero-order valence-corrected chi connectivity index (χ0v) is 12.0. The number of nitrogens with one attached hydrogen (secondary N) is 2. The molecule has 0 saturated heterocycles. The Bertz CT molecular complexity index is 408. The molecule has 106 valence electrons. The first-order chi connectivity index (χ1) is 9.13. The second kappa shape index (κ2) is 7.63. The molecule has 0 aromatic heterocycles. The van der Waals surface area contributed by atoms with Crippen molar-refractivity contribution in [3.05, 3.63) is 23.3 Å². The Kier molecular flexibility index (Phi) is 6.15. The second-order valence-corrected chi connectivity index (χ2v) is 4.12. The van der Waals surface area contributed by atoms with Gasteiger partial charge in [-0.25, -0.2) is 0 Å². The van der Waals surface area contributed by atoms with Crippen LogP contribution in [0.5, 0.6) is 11.5 Å². The van der Waals surface area contributed by atoms with Gasteiger partial charge in [-0.3, -0.25) is 4.79 Å². The molecule has 0 saturated carbocycles. The van der Waals surface area contributed by atoms with E-state index in [1.54, 1.807) is 26.4 Å². The van der Waals surface area contributed by atoms with Crippen molar-refractivity contribution >= 4 is 5.91 Å². The first kappa shape index (κ1) is 15.3. The van der Waals surface area contributed by atoms with Gasteiger partial charge in [0.2, 0.25) is 0 Å². The average molecular weight is 266 g/mol. The Morgan fingerprint density at radius 2 is 1.74 bits per heavy atom. The number of carbonyl (C=O) groups is 1. The summed E-state index contributed by atoms with van der Waals surface area (Å²) < 4.78 is 10.5. The molecule has 19 heavy (non-hydrogen) atoms. The number of hydrogen-bond acceptors (Lipinski definition) is 4. The molecule has 0 bridgehead atoms. The summed E-state index contributed by atoms with van der Waals surface area (Å²) in [5.41, 5.74) is 1.42. The van der Waals surface area contributed by atoms with Gasteiger partial charge in [0.05, 0.1) is 14.2 Å². The van der Waals surface area contributed by atoms with Crippen LogP contribution in [0.1, 0.15) is 22.8 Å². The van der Waals surface area contributed by atoms with Gasteiger partial charge in [0, 0.05) is 24.2 Å². The van der Waals surface area contributed by atoms with E-state index in [1.165, 1.54) is 0 Å². The molecule has 2 N–H and O–H groups in total. The summed E-state index contributed by atoms with van der Waals surface area (Å²) in [6, 6.07) is 3.45. The van der Waals surface area contributed by atoms with Crippen molar-refractivity contribution in [1.29, 1.82) is 0 Å². The quantitative estimate of drug-likeness (QED) is 0.731. The largest absolute Gasteiger partial charge is 0.496 e. The second-order valence-electron chi connectivity index (χ2n) is 4.12. The van der Waals surface area contributed by atoms with E-state index < -0.39 is 0 Å². The van der Waals surface area contributed by atoms with Crippen LogP contribution in [0.4, 0.5) is 0 Å². The zero-order chi connectivity index (χ0) is 14.3. The van der Waals surface area contributed by atoms with Crippen LogP contribution in [-0.4, -0.2) is 39.8 Å². The Morgan fingerprint density at radius 1 is 1.16 bits per heavy atom. The van der Waals surface area contributed by atoms with Gasteiger partial charge in [0.1, 0.15) is 11.5 Å². The van der Waals surface area contributed by atoms with Crippen LogP contribution < -0.4 is 20.1 Å². The predicted octanol–water partition coefficient (Wildman–Crippen LogP) is 1.35. The first-order valence-electron chi connectivity index (χ1n) is 6.35.